The second kappa shape index (κ2) is 29.0. The minimum absolute atomic E-state index is 0.395. The zero-order chi connectivity index (χ0) is 25.0. The van der Waals surface area contributed by atoms with Gasteiger partial charge in [-0.05, 0) is 12.8 Å². The van der Waals surface area contributed by atoms with Gasteiger partial charge < -0.3 is 30.3 Å². The van der Waals surface area contributed by atoms with Crippen molar-refractivity contribution in [2.75, 3.05) is 52.6 Å². The molecular weight excluding hydrogens is 428 g/mol. The average molecular weight is 489 g/mol. The maximum absolute atomic E-state index is 9.98. The molecule has 0 aromatic rings. The van der Waals surface area contributed by atoms with Gasteiger partial charge in [-0.3, -0.25) is 0 Å². The molecule has 0 amide bonds. The number of aliphatic hydroxyl groups excluding tert-OH is 2. The summed E-state index contributed by atoms with van der Waals surface area (Å²) in [4.78, 5) is 0. The SMILES string of the molecule is CCCCCCCCCCOC[C@H](O)CNCCNC[C@@H](O)COCCCCCCCCCC. The van der Waals surface area contributed by atoms with Gasteiger partial charge in [0.25, 0.3) is 0 Å². The minimum atomic E-state index is -0.468. The van der Waals surface area contributed by atoms with Gasteiger partial charge in [0.1, 0.15) is 0 Å². The molecule has 6 nitrogen and oxygen atoms in total. The van der Waals surface area contributed by atoms with E-state index in [-0.39, 0.29) is 0 Å². The van der Waals surface area contributed by atoms with Crippen LogP contribution >= 0.6 is 0 Å². The lowest BCUT2D eigenvalue weighted by Gasteiger charge is -2.14. The molecule has 0 fully saturated rings. The van der Waals surface area contributed by atoms with Crippen molar-refractivity contribution in [3.8, 4) is 0 Å². The highest BCUT2D eigenvalue weighted by molar-refractivity contribution is 4.62. The second-order valence-electron chi connectivity index (χ2n) is 9.82. The van der Waals surface area contributed by atoms with Crippen LogP contribution < -0.4 is 10.6 Å². The standard InChI is InChI=1S/C28H60N2O4/c1-3-5-7-9-11-13-15-17-21-33-25-27(31)23-29-19-20-30-24-28(32)26-34-22-18-16-14-12-10-8-6-4-2/h27-32H,3-26H2,1-2H3/t27-,28-/m1/s1. The first-order chi connectivity index (χ1) is 16.7. The van der Waals surface area contributed by atoms with Crippen LogP contribution in [0, 0.1) is 0 Å². The van der Waals surface area contributed by atoms with E-state index >= 15 is 0 Å². The molecule has 0 saturated carbocycles. The lowest BCUT2D eigenvalue weighted by molar-refractivity contribution is 0.0339. The lowest BCUT2D eigenvalue weighted by Crippen LogP contribution is -2.37. The molecule has 0 aromatic heterocycles. The molecule has 0 unspecified atom stereocenters. The van der Waals surface area contributed by atoms with E-state index in [1.807, 2.05) is 0 Å². The Bertz CT molecular complexity index is 340. The predicted molar refractivity (Wildman–Crippen MR) is 145 cm³/mol. The number of hydrogen-bond acceptors (Lipinski definition) is 6. The Hall–Kier alpha value is -0.240. The Balaban J connectivity index is 3.25. The zero-order valence-corrected chi connectivity index (χ0v) is 22.8. The van der Waals surface area contributed by atoms with Crippen molar-refractivity contribution in [3.05, 3.63) is 0 Å². The highest BCUT2D eigenvalue weighted by Gasteiger charge is 2.05. The summed E-state index contributed by atoms with van der Waals surface area (Å²) in [5.41, 5.74) is 0. The molecule has 0 aliphatic carbocycles. The van der Waals surface area contributed by atoms with Crippen molar-refractivity contribution in [2.24, 2.45) is 0 Å². The first kappa shape index (κ1) is 33.8. The molecule has 34 heavy (non-hydrogen) atoms. The summed E-state index contributed by atoms with van der Waals surface area (Å²) in [6, 6.07) is 0. The monoisotopic (exact) mass is 488 g/mol. The van der Waals surface area contributed by atoms with Crippen LogP contribution in [0.25, 0.3) is 0 Å². The Kier molecular flexibility index (Phi) is 28.8. The second-order valence-corrected chi connectivity index (χ2v) is 9.82. The number of unbranched alkanes of at least 4 members (excludes halogenated alkanes) is 14. The summed E-state index contributed by atoms with van der Waals surface area (Å²) in [5.74, 6) is 0. The van der Waals surface area contributed by atoms with E-state index in [9.17, 15) is 10.2 Å². The molecule has 0 heterocycles. The number of aliphatic hydroxyl groups is 2. The molecule has 0 aliphatic rings. The van der Waals surface area contributed by atoms with E-state index in [2.05, 4.69) is 24.5 Å². The molecule has 6 heteroatoms. The van der Waals surface area contributed by atoms with E-state index in [0.717, 1.165) is 39.1 Å². The number of nitrogens with one attached hydrogen (secondary N) is 2. The average Bonchev–Trinajstić information content (AvgIpc) is 2.83. The summed E-state index contributed by atoms with van der Waals surface area (Å²) in [6.07, 6.45) is 19.8. The maximum Gasteiger partial charge on any atom is 0.0897 e. The van der Waals surface area contributed by atoms with Gasteiger partial charge in [-0.2, -0.15) is 0 Å². The van der Waals surface area contributed by atoms with E-state index in [1.165, 1.54) is 89.9 Å². The molecular formula is C28H60N2O4. The first-order valence-electron chi connectivity index (χ1n) is 14.6. The Morgan fingerprint density at radius 2 is 0.824 bits per heavy atom. The van der Waals surface area contributed by atoms with Gasteiger partial charge in [0, 0.05) is 39.4 Å². The van der Waals surface area contributed by atoms with Crippen molar-refractivity contribution in [3.63, 3.8) is 0 Å². The van der Waals surface area contributed by atoms with Gasteiger partial charge >= 0.3 is 0 Å². The molecule has 0 rings (SSSR count). The van der Waals surface area contributed by atoms with Crippen LogP contribution in [0.3, 0.4) is 0 Å². The van der Waals surface area contributed by atoms with Gasteiger partial charge in [0.15, 0.2) is 0 Å². The Morgan fingerprint density at radius 1 is 0.500 bits per heavy atom. The molecule has 206 valence electrons. The van der Waals surface area contributed by atoms with E-state index in [4.69, 9.17) is 9.47 Å². The quantitative estimate of drug-likeness (QED) is 0.108. The summed E-state index contributed by atoms with van der Waals surface area (Å²) < 4.78 is 11.2. The lowest BCUT2D eigenvalue weighted by atomic mass is 10.1. The van der Waals surface area contributed by atoms with Crippen molar-refractivity contribution in [1.82, 2.24) is 10.6 Å². The van der Waals surface area contributed by atoms with Crippen molar-refractivity contribution >= 4 is 0 Å². The van der Waals surface area contributed by atoms with E-state index in [0.29, 0.717) is 26.3 Å². The Morgan fingerprint density at radius 3 is 1.18 bits per heavy atom. The van der Waals surface area contributed by atoms with E-state index in [1.54, 1.807) is 0 Å². The van der Waals surface area contributed by atoms with Crippen LogP contribution in [0.2, 0.25) is 0 Å². The fraction of sp³-hybridized carbons (Fsp3) is 1.00. The van der Waals surface area contributed by atoms with E-state index < -0.39 is 12.2 Å². The molecule has 0 aliphatic heterocycles. The fourth-order valence-corrected chi connectivity index (χ4v) is 3.95. The molecule has 4 N–H and O–H groups in total. The fourth-order valence-electron chi connectivity index (χ4n) is 3.95. The van der Waals surface area contributed by atoms with Crippen LogP contribution in [0.5, 0.6) is 0 Å². The molecule has 0 radical (unpaired) electrons. The van der Waals surface area contributed by atoms with Crippen LogP contribution in [-0.2, 0) is 9.47 Å². The predicted octanol–water partition coefficient (Wildman–Crippen LogP) is 5.20. The summed E-state index contributed by atoms with van der Waals surface area (Å²) in [6.45, 7) is 9.34. The number of ether oxygens (including phenoxy) is 2. The minimum Gasteiger partial charge on any atom is -0.389 e. The summed E-state index contributed by atoms with van der Waals surface area (Å²) in [5, 5.41) is 26.4. The number of hydrogen-bond donors (Lipinski definition) is 4. The highest BCUT2D eigenvalue weighted by atomic mass is 16.5. The van der Waals surface area contributed by atoms with Gasteiger partial charge in [-0.15, -0.1) is 0 Å². The molecule has 2 atom stereocenters. The third kappa shape index (κ3) is 28.0. The van der Waals surface area contributed by atoms with Crippen LogP contribution in [-0.4, -0.2) is 75.0 Å². The zero-order valence-electron chi connectivity index (χ0n) is 22.8. The maximum atomic E-state index is 9.98. The van der Waals surface area contributed by atoms with Crippen molar-refractivity contribution in [1.29, 1.82) is 0 Å². The van der Waals surface area contributed by atoms with Gasteiger partial charge in [0.2, 0.25) is 0 Å². The van der Waals surface area contributed by atoms with Gasteiger partial charge in [0.05, 0.1) is 25.4 Å². The molecule has 0 spiro atoms. The molecule has 0 aromatic carbocycles. The topological polar surface area (TPSA) is 83.0 Å². The number of rotatable bonds is 29. The Labute approximate surface area is 212 Å². The molecule has 0 saturated heterocycles. The highest BCUT2D eigenvalue weighted by Crippen LogP contribution is 2.09. The third-order valence-corrected chi connectivity index (χ3v) is 6.14. The first-order valence-corrected chi connectivity index (χ1v) is 14.6. The van der Waals surface area contributed by atoms with Crippen molar-refractivity contribution < 1.29 is 19.7 Å². The van der Waals surface area contributed by atoms with Crippen molar-refractivity contribution in [2.45, 2.75) is 129 Å². The normalized spacial score (nSPS) is 13.4. The van der Waals surface area contributed by atoms with Crippen LogP contribution in [0.1, 0.15) is 117 Å². The largest absolute Gasteiger partial charge is 0.389 e. The third-order valence-electron chi connectivity index (χ3n) is 6.14. The smallest absolute Gasteiger partial charge is 0.0897 e. The van der Waals surface area contributed by atoms with Crippen LogP contribution in [0.4, 0.5) is 0 Å². The molecule has 0 bridgehead atoms. The van der Waals surface area contributed by atoms with Crippen LogP contribution in [0.15, 0.2) is 0 Å². The van der Waals surface area contributed by atoms with Gasteiger partial charge in [-0.25, -0.2) is 0 Å². The summed E-state index contributed by atoms with van der Waals surface area (Å²) >= 11 is 0. The van der Waals surface area contributed by atoms with Gasteiger partial charge in [-0.1, -0.05) is 104 Å². The summed E-state index contributed by atoms with van der Waals surface area (Å²) in [7, 11) is 0.